The maximum Gasteiger partial charge on any atom is 0.277 e. The van der Waals surface area contributed by atoms with Crippen molar-refractivity contribution < 1.29 is 4.79 Å². The van der Waals surface area contributed by atoms with Crippen LogP contribution in [0.2, 0.25) is 0 Å². The van der Waals surface area contributed by atoms with Crippen LogP contribution in [0.3, 0.4) is 0 Å². The summed E-state index contributed by atoms with van der Waals surface area (Å²) in [5.41, 5.74) is 5.26. The molecule has 1 aromatic rings. The van der Waals surface area contributed by atoms with Gasteiger partial charge in [-0.05, 0) is 12.2 Å². The van der Waals surface area contributed by atoms with Gasteiger partial charge >= 0.3 is 0 Å². The molecule has 7 heteroatoms. The first kappa shape index (κ1) is 11.4. The summed E-state index contributed by atoms with van der Waals surface area (Å²) >= 11 is 4.77. The van der Waals surface area contributed by atoms with Crippen molar-refractivity contribution in [1.82, 2.24) is 9.97 Å². The van der Waals surface area contributed by atoms with E-state index in [0.717, 1.165) is 0 Å². The van der Waals surface area contributed by atoms with Crippen LogP contribution in [-0.2, 0) is 4.79 Å². The molecule has 1 saturated heterocycles. The summed E-state index contributed by atoms with van der Waals surface area (Å²) in [6.07, 6.45) is 5.49. The Hall–Kier alpha value is -2.07. The summed E-state index contributed by atoms with van der Waals surface area (Å²) < 4.78 is 0.122. The SMILES string of the molecule is C#CC1CC(=O)N(c2c(N)[nH]c(=S)[nH]c2=O)C1. The van der Waals surface area contributed by atoms with Crippen LogP contribution in [0, 0.1) is 23.0 Å². The third-order valence-corrected chi connectivity index (χ3v) is 2.78. The van der Waals surface area contributed by atoms with E-state index in [0.29, 0.717) is 6.54 Å². The van der Waals surface area contributed by atoms with E-state index in [1.54, 1.807) is 0 Å². The van der Waals surface area contributed by atoms with Gasteiger partial charge in [-0.3, -0.25) is 14.6 Å². The maximum atomic E-state index is 11.7. The van der Waals surface area contributed by atoms with Crippen molar-refractivity contribution in [3.63, 3.8) is 0 Å². The first-order valence-corrected chi connectivity index (χ1v) is 5.32. The van der Waals surface area contributed by atoms with Gasteiger partial charge in [-0.2, -0.15) is 0 Å². The Morgan fingerprint density at radius 3 is 2.71 bits per heavy atom. The molecule has 0 bridgehead atoms. The van der Waals surface area contributed by atoms with Gasteiger partial charge in [0.25, 0.3) is 5.56 Å². The van der Waals surface area contributed by atoms with Gasteiger partial charge in [-0.25, -0.2) is 0 Å². The molecule has 1 aliphatic heterocycles. The summed E-state index contributed by atoms with van der Waals surface area (Å²) in [4.78, 5) is 29.7. The van der Waals surface area contributed by atoms with Gasteiger partial charge in [0.1, 0.15) is 5.82 Å². The number of nitrogens with zero attached hydrogens (tertiary/aromatic N) is 1. The third kappa shape index (κ3) is 1.94. The number of anilines is 2. The number of aromatic nitrogens is 2. The van der Waals surface area contributed by atoms with Crippen LogP contribution in [0.5, 0.6) is 0 Å². The van der Waals surface area contributed by atoms with E-state index >= 15 is 0 Å². The standard InChI is InChI=1S/C10H10N4O2S/c1-2-5-3-6(15)14(4-5)7-8(11)12-10(17)13-9(7)16/h1,5H,3-4H2,(H4,11,12,13,16,17). The lowest BCUT2D eigenvalue weighted by Gasteiger charge is -2.16. The summed E-state index contributed by atoms with van der Waals surface area (Å²) in [6.45, 7) is 0.299. The van der Waals surface area contributed by atoms with E-state index in [9.17, 15) is 9.59 Å². The number of terminal acetylenes is 1. The molecule has 1 aliphatic rings. The molecule has 1 fully saturated rings. The second-order valence-electron chi connectivity index (χ2n) is 3.74. The number of hydrogen-bond acceptors (Lipinski definition) is 4. The Kier molecular flexibility index (Phi) is 2.73. The van der Waals surface area contributed by atoms with Crippen molar-refractivity contribution in [3.05, 3.63) is 15.1 Å². The fourth-order valence-corrected chi connectivity index (χ4v) is 2.00. The van der Waals surface area contributed by atoms with E-state index in [-0.39, 0.29) is 34.5 Å². The highest BCUT2D eigenvalue weighted by Crippen LogP contribution is 2.24. The highest BCUT2D eigenvalue weighted by molar-refractivity contribution is 7.71. The number of nitrogen functional groups attached to an aromatic ring is 1. The first-order valence-electron chi connectivity index (χ1n) is 4.91. The fourth-order valence-electron chi connectivity index (χ4n) is 1.80. The quantitative estimate of drug-likeness (QED) is 0.483. The second-order valence-corrected chi connectivity index (χ2v) is 4.15. The zero-order chi connectivity index (χ0) is 12.6. The number of H-pyrrole nitrogens is 2. The van der Waals surface area contributed by atoms with Gasteiger partial charge in [-0.1, -0.05) is 0 Å². The average molecular weight is 250 g/mol. The Balaban J connectivity index is 2.50. The lowest BCUT2D eigenvalue weighted by Crippen LogP contribution is -2.32. The molecule has 17 heavy (non-hydrogen) atoms. The van der Waals surface area contributed by atoms with Crippen molar-refractivity contribution in [2.75, 3.05) is 17.2 Å². The summed E-state index contributed by atoms with van der Waals surface area (Å²) in [6, 6.07) is 0. The van der Waals surface area contributed by atoms with Crippen molar-refractivity contribution in [2.24, 2.45) is 5.92 Å². The van der Waals surface area contributed by atoms with E-state index in [1.165, 1.54) is 4.90 Å². The highest BCUT2D eigenvalue weighted by atomic mass is 32.1. The third-order valence-electron chi connectivity index (χ3n) is 2.58. The monoisotopic (exact) mass is 250 g/mol. The van der Waals surface area contributed by atoms with Crippen LogP contribution in [0.25, 0.3) is 0 Å². The fraction of sp³-hybridized carbons (Fsp3) is 0.300. The van der Waals surface area contributed by atoms with E-state index < -0.39 is 5.56 Å². The van der Waals surface area contributed by atoms with Gasteiger partial charge in [0, 0.05) is 18.9 Å². The van der Waals surface area contributed by atoms with Crippen molar-refractivity contribution >= 4 is 29.6 Å². The number of aromatic amines is 2. The predicted octanol–water partition coefficient (Wildman–Crippen LogP) is 0.000790. The predicted molar refractivity (Wildman–Crippen MR) is 66.0 cm³/mol. The van der Waals surface area contributed by atoms with Crippen LogP contribution < -0.4 is 16.2 Å². The molecule has 1 aromatic heterocycles. The van der Waals surface area contributed by atoms with Crippen molar-refractivity contribution in [3.8, 4) is 12.3 Å². The Morgan fingerprint density at radius 2 is 2.18 bits per heavy atom. The first-order chi connectivity index (χ1) is 8.02. The molecule has 0 radical (unpaired) electrons. The van der Waals surface area contributed by atoms with Crippen LogP contribution in [0.15, 0.2) is 4.79 Å². The molecule has 2 rings (SSSR count). The lowest BCUT2D eigenvalue weighted by atomic mass is 10.1. The molecule has 1 unspecified atom stereocenters. The van der Waals surface area contributed by atoms with E-state index in [2.05, 4.69) is 15.9 Å². The normalized spacial score (nSPS) is 19.4. The Bertz CT molecular complexity index is 624. The van der Waals surface area contributed by atoms with Crippen LogP contribution >= 0.6 is 12.2 Å². The minimum atomic E-state index is -0.489. The number of hydrogen-bond donors (Lipinski definition) is 3. The van der Waals surface area contributed by atoms with Gasteiger partial charge in [0.05, 0.1) is 0 Å². The molecule has 4 N–H and O–H groups in total. The molecule has 6 nitrogen and oxygen atoms in total. The molecular formula is C10H10N4O2S. The minimum absolute atomic E-state index is 0.0739. The minimum Gasteiger partial charge on any atom is -0.383 e. The van der Waals surface area contributed by atoms with Gasteiger partial charge in [0.15, 0.2) is 10.5 Å². The zero-order valence-electron chi connectivity index (χ0n) is 8.82. The number of nitrogens with one attached hydrogen (secondary N) is 2. The number of carbonyl (C=O) groups is 1. The van der Waals surface area contributed by atoms with Gasteiger partial charge in [-0.15, -0.1) is 12.3 Å². The second kappa shape index (κ2) is 4.07. The topological polar surface area (TPSA) is 95.0 Å². The number of rotatable bonds is 1. The Morgan fingerprint density at radius 1 is 1.47 bits per heavy atom. The largest absolute Gasteiger partial charge is 0.383 e. The Labute approximate surface area is 102 Å². The maximum absolute atomic E-state index is 11.7. The molecule has 1 amide bonds. The van der Waals surface area contributed by atoms with Crippen molar-refractivity contribution in [2.45, 2.75) is 6.42 Å². The molecule has 0 saturated carbocycles. The molecular weight excluding hydrogens is 240 g/mol. The van der Waals surface area contributed by atoms with Crippen LogP contribution in [-0.4, -0.2) is 22.4 Å². The molecule has 0 aromatic carbocycles. The van der Waals surface area contributed by atoms with Crippen LogP contribution in [0.4, 0.5) is 11.5 Å². The zero-order valence-corrected chi connectivity index (χ0v) is 9.63. The van der Waals surface area contributed by atoms with Crippen molar-refractivity contribution in [1.29, 1.82) is 0 Å². The smallest absolute Gasteiger partial charge is 0.277 e. The molecule has 0 spiro atoms. The summed E-state index contributed by atoms with van der Waals surface area (Å²) in [5, 5.41) is 0. The molecule has 0 aliphatic carbocycles. The average Bonchev–Trinajstić information content (AvgIpc) is 2.59. The van der Waals surface area contributed by atoms with Gasteiger partial charge < -0.3 is 15.6 Å². The van der Waals surface area contributed by atoms with E-state index in [4.69, 9.17) is 24.4 Å². The molecule has 2 heterocycles. The summed E-state index contributed by atoms with van der Waals surface area (Å²) in [7, 11) is 0. The number of amides is 1. The van der Waals surface area contributed by atoms with Gasteiger partial charge in [0.2, 0.25) is 5.91 Å². The lowest BCUT2D eigenvalue weighted by molar-refractivity contribution is -0.117. The van der Waals surface area contributed by atoms with Crippen LogP contribution in [0.1, 0.15) is 6.42 Å². The summed E-state index contributed by atoms with van der Waals surface area (Å²) in [5.74, 6) is 2.17. The van der Waals surface area contributed by atoms with E-state index in [1.807, 2.05) is 0 Å². The highest BCUT2D eigenvalue weighted by Gasteiger charge is 2.32. The molecule has 88 valence electrons. The number of carbonyl (C=O) groups excluding carboxylic acids is 1. The molecule has 1 atom stereocenters. The number of nitrogens with two attached hydrogens (primary N) is 1.